The average molecular weight is 147 g/mol. The topological polar surface area (TPSA) is 69.9 Å². The first-order valence-corrected chi connectivity index (χ1v) is 3.12. The van der Waals surface area contributed by atoms with Gasteiger partial charge in [0.2, 0.25) is 0 Å². The molecule has 0 bridgehead atoms. The summed E-state index contributed by atoms with van der Waals surface area (Å²) < 4.78 is 4.87. The van der Waals surface area contributed by atoms with Crippen molar-refractivity contribution in [2.24, 2.45) is 0 Å². The minimum absolute atomic E-state index is 0.287. The summed E-state index contributed by atoms with van der Waals surface area (Å²) in [6, 6.07) is 0. The van der Waals surface area contributed by atoms with Crippen LogP contribution in [0, 0.1) is 6.92 Å². The summed E-state index contributed by atoms with van der Waals surface area (Å²) in [5.41, 5.74) is 0. The van der Waals surface area contributed by atoms with E-state index in [9.17, 15) is 0 Å². The lowest BCUT2D eigenvalue weighted by atomic mass is 10.1. The van der Waals surface area contributed by atoms with E-state index in [0.717, 1.165) is 0 Å². The molecular weight excluding hydrogens is 136 g/mol. The lowest BCUT2D eigenvalue weighted by Gasteiger charge is -2.10. The van der Waals surface area contributed by atoms with Crippen molar-refractivity contribution < 1.29 is 20.1 Å². The predicted molar refractivity (Wildman–Crippen MR) is 33.1 cm³/mol. The molecule has 0 aromatic heterocycles. The smallest absolute Gasteiger partial charge is 0.111 e. The molecule has 0 amide bonds. The van der Waals surface area contributed by atoms with Crippen molar-refractivity contribution in [3.05, 3.63) is 6.92 Å². The Bertz CT molecular complexity index is 116. The van der Waals surface area contributed by atoms with Crippen LogP contribution in [0.3, 0.4) is 0 Å². The van der Waals surface area contributed by atoms with Gasteiger partial charge in [0.25, 0.3) is 0 Å². The maximum atomic E-state index is 9.05. The first-order chi connectivity index (χ1) is 4.66. The highest BCUT2D eigenvalue weighted by Gasteiger charge is 2.39. The summed E-state index contributed by atoms with van der Waals surface area (Å²) in [5, 5.41) is 26.6. The second kappa shape index (κ2) is 2.84. The molecule has 1 heterocycles. The standard InChI is InChI=1S/C6H11O4/c1-3-5(8)6(9)4(2-7)10-3/h3-9H,1-2H2/t3?,4-,5+,6-/m1/s1. The van der Waals surface area contributed by atoms with E-state index in [0.29, 0.717) is 0 Å². The fourth-order valence-electron chi connectivity index (χ4n) is 0.976. The Morgan fingerprint density at radius 2 is 1.90 bits per heavy atom. The molecule has 1 rings (SSSR count). The number of aliphatic hydroxyl groups excluding tert-OH is 3. The van der Waals surface area contributed by atoms with Gasteiger partial charge in [-0.15, -0.1) is 0 Å². The van der Waals surface area contributed by atoms with Crippen molar-refractivity contribution in [2.45, 2.75) is 24.4 Å². The van der Waals surface area contributed by atoms with E-state index in [4.69, 9.17) is 20.1 Å². The quantitative estimate of drug-likeness (QED) is 0.413. The maximum Gasteiger partial charge on any atom is 0.111 e. The lowest BCUT2D eigenvalue weighted by molar-refractivity contribution is -0.0126. The Hall–Kier alpha value is -0.160. The van der Waals surface area contributed by atoms with Crippen molar-refractivity contribution in [3.8, 4) is 0 Å². The molecule has 1 fully saturated rings. The highest BCUT2D eigenvalue weighted by atomic mass is 16.5. The van der Waals surface area contributed by atoms with Crippen LogP contribution in [0.15, 0.2) is 0 Å². The van der Waals surface area contributed by atoms with Crippen LogP contribution in [0.1, 0.15) is 0 Å². The molecule has 10 heavy (non-hydrogen) atoms. The molecule has 1 aliphatic heterocycles. The summed E-state index contributed by atoms with van der Waals surface area (Å²) in [5.74, 6) is 0. The van der Waals surface area contributed by atoms with Crippen molar-refractivity contribution >= 4 is 0 Å². The van der Waals surface area contributed by atoms with Gasteiger partial charge < -0.3 is 20.1 Å². The third kappa shape index (κ3) is 1.15. The zero-order valence-corrected chi connectivity index (χ0v) is 5.47. The Balaban J connectivity index is 2.53. The molecule has 1 saturated heterocycles. The van der Waals surface area contributed by atoms with Gasteiger partial charge in [0.15, 0.2) is 0 Å². The number of aliphatic hydroxyl groups is 3. The van der Waals surface area contributed by atoms with E-state index in [1.807, 2.05) is 0 Å². The van der Waals surface area contributed by atoms with Gasteiger partial charge in [-0.25, -0.2) is 0 Å². The van der Waals surface area contributed by atoms with E-state index in [2.05, 4.69) is 6.92 Å². The van der Waals surface area contributed by atoms with Gasteiger partial charge in [-0.2, -0.15) is 0 Å². The van der Waals surface area contributed by atoms with Crippen molar-refractivity contribution in [3.63, 3.8) is 0 Å². The number of hydrogen-bond acceptors (Lipinski definition) is 4. The van der Waals surface area contributed by atoms with Crippen LogP contribution < -0.4 is 0 Å². The summed E-state index contributed by atoms with van der Waals surface area (Å²) in [6.07, 6.45) is -3.30. The molecular formula is C6H11O4. The summed E-state index contributed by atoms with van der Waals surface area (Å²) in [6.45, 7) is 3.14. The van der Waals surface area contributed by atoms with E-state index in [-0.39, 0.29) is 6.61 Å². The molecule has 3 N–H and O–H groups in total. The van der Waals surface area contributed by atoms with E-state index >= 15 is 0 Å². The number of ether oxygens (including phenoxy) is 1. The third-order valence-electron chi connectivity index (χ3n) is 1.64. The van der Waals surface area contributed by atoms with Gasteiger partial charge in [-0.1, -0.05) is 0 Å². The molecule has 4 heteroatoms. The van der Waals surface area contributed by atoms with E-state index in [1.165, 1.54) is 0 Å². The molecule has 0 aliphatic carbocycles. The van der Waals surface area contributed by atoms with Gasteiger partial charge in [-0.3, -0.25) is 0 Å². The molecule has 4 atom stereocenters. The molecule has 1 aliphatic rings. The average Bonchev–Trinajstić information content (AvgIpc) is 2.17. The normalized spacial score (nSPS) is 48.0. The minimum atomic E-state index is -1.01. The molecule has 59 valence electrons. The SMILES string of the molecule is [CH2]C1O[C@H](CO)[C@@H](O)[C@H]1O. The first-order valence-electron chi connectivity index (χ1n) is 3.12. The van der Waals surface area contributed by atoms with Crippen LogP contribution in [-0.4, -0.2) is 46.3 Å². The monoisotopic (exact) mass is 147 g/mol. The molecule has 1 unspecified atom stereocenters. The van der Waals surface area contributed by atoms with Gasteiger partial charge in [0.1, 0.15) is 18.3 Å². The fourth-order valence-corrected chi connectivity index (χ4v) is 0.976. The highest BCUT2D eigenvalue weighted by Crippen LogP contribution is 2.19. The predicted octanol–water partition coefficient (Wildman–Crippen LogP) is -1.70. The highest BCUT2D eigenvalue weighted by molar-refractivity contribution is 4.91. The van der Waals surface area contributed by atoms with Crippen molar-refractivity contribution in [2.75, 3.05) is 6.61 Å². The second-order valence-electron chi connectivity index (χ2n) is 2.38. The number of hydrogen-bond donors (Lipinski definition) is 3. The van der Waals surface area contributed by atoms with Crippen LogP contribution in [0.4, 0.5) is 0 Å². The second-order valence-corrected chi connectivity index (χ2v) is 2.38. The largest absolute Gasteiger partial charge is 0.394 e. The first kappa shape index (κ1) is 7.94. The maximum absolute atomic E-state index is 9.05. The fraction of sp³-hybridized carbons (Fsp3) is 0.833. The van der Waals surface area contributed by atoms with Gasteiger partial charge in [0, 0.05) is 0 Å². The van der Waals surface area contributed by atoms with Crippen LogP contribution in [0.2, 0.25) is 0 Å². The van der Waals surface area contributed by atoms with Crippen LogP contribution in [0.5, 0.6) is 0 Å². The van der Waals surface area contributed by atoms with Gasteiger partial charge >= 0.3 is 0 Å². The Kier molecular flexibility index (Phi) is 2.25. The molecule has 0 aromatic rings. The van der Waals surface area contributed by atoms with Crippen molar-refractivity contribution in [1.29, 1.82) is 0 Å². The van der Waals surface area contributed by atoms with Crippen LogP contribution in [0.25, 0.3) is 0 Å². The molecule has 1 radical (unpaired) electrons. The molecule has 0 spiro atoms. The van der Waals surface area contributed by atoms with Gasteiger partial charge in [-0.05, 0) is 6.92 Å². The Morgan fingerprint density at radius 1 is 1.30 bits per heavy atom. The zero-order valence-electron chi connectivity index (χ0n) is 5.47. The summed E-state index contributed by atoms with van der Waals surface area (Å²) in [4.78, 5) is 0. The Morgan fingerprint density at radius 3 is 2.10 bits per heavy atom. The number of rotatable bonds is 1. The minimum Gasteiger partial charge on any atom is -0.394 e. The summed E-state index contributed by atoms with van der Waals surface area (Å²) in [7, 11) is 0. The summed E-state index contributed by atoms with van der Waals surface area (Å²) >= 11 is 0. The molecule has 0 saturated carbocycles. The van der Waals surface area contributed by atoms with E-state index < -0.39 is 24.4 Å². The van der Waals surface area contributed by atoms with Crippen LogP contribution in [-0.2, 0) is 4.74 Å². The Labute approximate surface area is 59.1 Å². The molecule has 0 aromatic carbocycles. The van der Waals surface area contributed by atoms with Crippen molar-refractivity contribution in [1.82, 2.24) is 0 Å². The molecule has 4 nitrogen and oxygen atoms in total. The van der Waals surface area contributed by atoms with E-state index in [1.54, 1.807) is 0 Å². The zero-order chi connectivity index (χ0) is 7.72. The lowest BCUT2D eigenvalue weighted by Crippen LogP contribution is -2.33. The van der Waals surface area contributed by atoms with Gasteiger partial charge in [0.05, 0.1) is 12.7 Å². The third-order valence-corrected chi connectivity index (χ3v) is 1.64. The van der Waals surface area contributed by atoms with Crippen LogP contribution >= 0.6 is 0 Å².